The molecule has 1 aromatic rings. The largest absolute Gasteiger partial charge is 0.379 e. The van der Waals surface area contributed by atoms with Crippen molar-refractivity contribution in [2.75, 3.05) is 31.8 Å². The van der Waals surface area contributed by atoms with Gasteiger partial charge in [-0.25, -0.2) is 0 Å². The molecule has 1 atom stereocenters. The molecule has 0 bridgehead atoms. The Labute approximate surface area is 176 Å². The predicted molar refractivity (Wildman–Crippen MR) is 122 cm³/mol. The lowest BCUT2D eigenvalue weighted by Gasteiger charge is -2.39. The molecule has 2 heterocycles. The number of nitrogens with zero attached hydrogens (tertiary/aromatic N) is 3. The first-order valence-corrected chi connectivity index (χ1v) is 14.8. The van der Waals surface area contributed by atoms with Gasteiger partial charge in [0.25, 0.3) is 0 Å². The fourth-order valence-electron chi connectivity index (χ4n) is 4.93. The quantitative estimate of drug-likeness (QED) is 0.511. The maximum absolute atomic E-state index is 13.0. The van der Waals surface area contributed by atoms with Gasteiger partial charge in [0.15, 0.2) is 0 Å². The van der Waals surface area contributed by atoms with E-state index in [0.29, 0.717) is 19.2 Å². The number of fused-ring (bicyclic) bond motifs is 1. The second kappa shape index (κ2) is 7.87. The van der Waals surface area contributed by atoms with E-state index in [2.05, 4.69) is 42.7 Å². The zero-order valence-electron chi connectivity index (χ0n) is 18.4. The summed E-state index contributed by atoms with van der Waals surface area (Å²) in [5.41, 5.74) is 3.23. The highest BCUT2D eigenvalue weighted by Crippen LogP contribution is 2.42. The number of rotatable bonds is 6. The lowest BCUT2D eigenvalue weighted by molar-refractivity contribution is -0.132. The molecule has 3 aliphatic rings. The van der Waals surface area contributed by atoms with Gasteiger partial charge in [-0.05, 0) is 42.1 Å². The molecule has 1 aromatic carbocycles. The van der Waals surface area contributed by atoms with E-state index in [4.69, 9.17) is 9.73 Å². The highest BCUT2D eigenvalue weighted by Gasteiger charge is 2.51. The van der Waals surface area contributed by atoms with E-state index in [1.54, 1.807) is 0 Å². The van der Waals surface area contributed by atoms with Gasteiger partial charge in [0.1, 0.15) is 5.54 Å². The van der Waals surface area contributed by atoms with Crippen LogP contribution in [0.2, 0.25) is 25.7 Å². The van der Waals surface area contributed by atoms with Crippen LogP contribution in [0.15, 0.2) is 23.2 Å². The number of hydrogen-bond donors (Lipinski definition) is 0. The Morgan fingerprint density at radius 1 is 1.21 bits per heavy atom. The smallest absolute Gasteiger partial charge is 0.249 e. The normalized spacial score (nSPS) is 23.3. The number of aliphatic imine (C=N–C) groups is 1. The molecule has 5 nitrogen and oxygen atoms in total. The van der Waals surface area contributed by atoms with E-state index in [1.165, 1.54) is 23.6 Å². The first kappa shape index (κ1) is 20.6. The first-order valence-electron chi connectivity index (χ1n) is 11.1. The Morgan fingerprint density at radius 2 is 1.97 bits per heavy atom. The van der Waals surface area contributed by atoms with Crippen LogP contribution in [-0.4, -0.2) is 57.6 Å². The fraction of sp³-hybridized carbons (Fsp3) is 0.652. The topological polar surface area (TPSA) is 45.1 Å². The number of carbonyl (C=O) groups is 1. The van der Waals surface area contributed by atoms with Gasteiger partial charge in [-0.1, -0.05) is 45.0 Å². The van der Waals surface area contributed by atoms with Crippen LogP contribution in [0.3, 0.4) is 0 Å². The third-order valence-electron chi connectivity index (χ3n) is 6.70. The van der Waals surface area contributed by atoms with Crippen molar-refractivity contribution in [1.82, 2.24) is 4.90 Å². The third kappa shape index (κ3) is 4.01. The number of benzene rings is 1. The van der Waals surface area contributed by atoms with Crippen molar-refractivity contribution in [2.24, 2.45) is 4.99 Å². The van der Waals surface area contributed by atoms with Gasteiger partial charge in [-0.2, -0.15) is 0 Å². The summed E-state index contributed by atoms with van der Waals surface area (Å²) in [6, 6.07) is 7.90. The standard InChI is InChI=1S/C23H35N3O2Si/c1-25-17-26(23(22(25)27)10-6-5-7-11-23)19-8-9-20-18(14-19)15-24-21(20)16-28-12-13-29(2,3)4/h8-9,14-15,21H,5-7,10-13,16-17H2,1-4H3. The van der Waals surface area contributed by atoms with Crippen molar-refractivity contribution in [3.05, 3.63) is 29.3 Å². The van der Waals surface area contributed by atoms with E-state index < -0.39 is 8.07 Å². The Bertz CT molecular complexity index is 796. The number of anilines is 1. The summed E-state index contributed by atoms with van der Waals surface area (Å²) in [6.45, 7) is 9.29. The average molecular weight is 414 g/mol. The summed E-state index contributed by atoms with van der Waals surface area (Å²) in [7, 11) is 0.872. The molecule has 29 heavy (non-hydrogen) atoms. The second-order valence-electron chi connectivity index (χ2n) is 10.2. The van der Waals surface area contributed by atoms with Gasteiger partial charge in [0, 0.05) is 33.6 Å². The van der Waals surface area contributed by atoms with E-state index in [9.17, 15) is 4.79 Å². The maximum Gasteiger partial charge on any atom is 0.249 e. The lowest BCUT2D eigenvalue weighted by Crippen LogP contribution is -2.50. The molecule has 0 N–H and O–H groups in total. The van der Waals surface area contributed by atoms with E-state index in [1.807, 2.05) is 18.2 Å². The summed E-state index contributed by atoms with van der Waals surface area (Å²) < 4.78 is 5.96. The predicted octanol–water partition coefficient (Wildman–Crippen LogP) is 4.45. The molecule has 1 aliphatic carbocycles. The number of ether oxygens (including phenoxy) is 1. The minimum atomic E-state index is -1.06. The zero-order chi connectivity index (χ0) is 20.6. The van der Waals surface area contributed by atoms with Crippen LogP contribution in [-0.2, 0) is 9.53 Å². The van der Waals surface area contributed by atoms with Crippen molar-refractivity contribution >= 4 is 25.9 Å². The summed E-state index contributed by atoms with van der Waals surface area (Å²) >= 11 is 0. The highest BCUT2D eigenvalue weighted by atomic mass is 28.3. The fourth-order valence-corrected chi connectivity index (χ4v) is 5.69. The van der Waals surface area contributed by atoms with Crippen molar-refractivity contribution in [1.29, 1.82) is 0 Å². The van der Waals surface area contributed by atoms with Gasteiger partial charge < -0.3 is 14.5 Å². The van der Waals surface area contributed by atoms with Crippen molar-refractivity contribution < 1.29 is 9.53 Å². The molecule has 1 saturated heterocycles. The zero-order valence-corrected chi connectivity index (χ0v) is 19.4. The maximum atomic E-state index is 13.0. The van der Waals surface area contributed by atoms with Crippen LogP contribution in [0.25, 0.3) is 0 Å². The SMILES string of the molecule is CN1CN(c2ccc3c(c2)C=NC3COCC[Si](C)(C)C)C2(CCCCC2)C1=O. The highest BCUT2D eigenvalue weighted by molar-refractivity contribution is 6.76. The molecule has 6 heteroatoms. The van der Waals surface area contributed by atoms with Crippen LogP contribution in [0.1, 0.15) is 49.3 Å². The monoisotopic (exact) mass is 413 g/mol. The molecule has 0 radical (unpaired) electrons. The Hall–Kier alpha value is -1.66. The van der Waals surface area contributed by atoms with Gasteiger partial charge in [0.05, 0.1) is 19.3 Å². The first-order chi connectivity index (χ1) is 13.8. The number of amides is 1. The van der Waals surface area contributed by atoms with Crippen molar-refractivity contribution in [3.63, 3.8) is 0 Å². The molecule has 2 fully saturated rings. The lowest BCUT2D eigenvalue weighted by atomic mass is 9.80. The van der Waals surface area contributed by atoms with Crippen LogP contribution in [0, 0.1) is 0 Å². The van der Waals surface area contributed by atoms with Crippen LogP contribution < -0.4 is 4.90 Å². The second-order valence-corrected chi connectivity index (χ2v) is 15.8. The minimum absolute atomic E-state index is 0.104. The third-order valence-corrected chi connectivity index (χ3v) is 8.41. The van der Waals surface area contributed by atoms with Crippen LogP contribution in [0.5, 0.6) is 0 Å². The van der Waals surface area contributed by atoms with Crippen LogP contribution >= 0.6 is 0 Å². The molecular formula is C23H35N3O2Si. The Kier molecular flexibility index (Phi) is 5.59. The molecule has 1 spiro atoms. The molecule has 0 aromatic heterocycles. The Morgan fingerprint density at radius 3 is 2.69 bits per heavy atom. The van der Waals surface area contributed by atoms with E-state index in [0.717, 1.165) is 38.0 Å². The summed E-state index contributed by atoms with van der Waals surface area (Å²) in [5.74, 6) is 0.292. The Balaban J connectivity index is 1.48. The van der Waals surface area contributed by atoms with Crippen LogP contribution in [0.4, 0.5) is 5.69 Å². The molecule has 1 unspecified atom stereocenters. The average Bonchev–Trinajstić information content (AvgIpc) is 3.19. The van der Waals surface area contributed by atoms with Crippen molar-refractivity contribution in [2.45, 2.75) is 69.4 Å². The molecule has 158 valence electrons. The number of likely N-dealkylation sites (N-methyl/N-ethyl adjacent to an activating group) is 1. The van der Waals surface area contributed by atoms with E-state index in [-0.39, 0.29) is 11.6 Å². The summed E-state index contributed by atoms with van der Waals surface area (Å²) in [4.78, 5) is 22.0. The molecule has 4 rings (SSSR count). The van der Waals surface area contributed by atoms with Crippen molar-refractivity contribution in [3.8, 4) is 0 Å². The van der Waals surface area contributed by atoms with E-state index >= 15 is 0 Å². The summed E-state index contributed by atoms with van der Waals surface area (Å²) in [6.07, 6.45) is 7.44. The van der Waals surface area contributed by atoms with Gasteiger partial charge in [-0.3, -0.25) is 9.79 Å². The number of hydrogen-bond acceptors (Lipinski definition) is 4. The van der Waals surface area contributed by atoms with Gasteiger partial charge >= 0.3 is 0 Å². The summed E-state index contributed by atoms with van der Waals surface area (Å²) in [5, 5.41) is 0. The van der Waals surface area contributed by atoms with Gasteiger partial charge in [0.2, 0.25) is 5.91 Å². The molecule has 2 aliphatic heterocycles. The number of carbonyl (C=O) groups excluding carboxylic acids is 1. The molecule has 1 saturated carbocycles. The molecular weight excluding hydrogens is 378 g/mol. The van der Waals surface area contributed by atoms with Gasteiger partial charge in [-0.15, -0.1) is 0 Å². The molecule has 1 amide bonds. The minimum Gasteiger partial charge on any atom is -0.379 e.